The molecule has 126 valence electrons. The van der Waals surface area contributed by atoms with Crippen molar-refractivity contribution < 1.29 is 14.6 Å². The van der Waals surface area contributed by atoms with Gasteiger partial charge in [-0.2, -0.15) is 0 Å². The van der Waals surface area contributed by atoms with Gasteiger partial charge in [-0.15, -0.1) is 0 Å². The van der Waals surface area contributed by atoms with E-state index >= 15 is 0 Å². The minimum atomic E-state index is -0.938. The van der Waals surface area contributed by atoms with Crippen molar-refractivity contribution >= 4 is 17.6 Å². The number of benzene rings is 2. The maximum atomic E-state index is 11.7. The molecule has 0 saturated carbocycles. The highest BCUT2D eigenvalue weighted by Crippen LogP contribution is 2.26. The summed E-state index contributed by atoms with van der Waals surface area (Å²) in [6.45, 7) is 8.71. The molecule has 0 fully saturated rings. The minimum absolute atomic E-state index is 0.276. The summed E-state index contributed by atoms with van der Waals surface area (Å²) < 4.78 is 5.52. The van der Waals surface area contributed by atoms with E-state index in [-0.39, 0.29) is 5.57 Å². The van der Waals surface area contributed by atoms with Gasteiger partial charge in [-0.05, 0) is 60.2 Å². The second-order valence-electron chi connectivity index (χ2n) is 6.10. The van der Waals surface area contributed by atoms with Crippen LogP contribution in [-0.4, -0.2) is 17.7 Å². The van der Waals surface area contributed by atoms with Gasteiger partial charge in [0.15, 0.2) is 0 Å². The normalized spacial score (nSPS) is 11.6. The molecular formula is C21H24O3. The summed E-state index contributed by atoms with van der Waals surface area (Å²) in [5.74, 6) is 0.300. The number of hydrogen-bond acceptors (Lipinski definition) is 2. The Morgan fingerprint density at radius 2 is 1.83 bits per heavy atom. The Balaban J connectivity index is 2.38. The number of aryl methyl sites for hydroxylation is 1. The van der Waals surface area contributed by atoms with Crippen LogP contribution in [-0.2, 0) is 4.79 Å². The van der Waals surface area contributed by atoms with Crippen LogP contribution in [0.5, 0.6) is 5.75 Å². The molecule has 0 aromatic heterocycles. The van der Waals surface area contributed by atoms with E-state index < -0.39 is 5.97 Å². The molecule has 24 heavy (non-hydrogen) atoms. The molecule has 3 heteroatoms. The van der Waals surface area contributed by atoms with Crippen LogP contribution in [0, 0.1) is 6.92 Å². The second kappa shape index (κ2) is 7.82. The monoisotopic (exact) mass is 324 g/mol. The first-order valence-corrected chi connectivity index (χ1v) is 8.21. The maximum Gasteiger partial charge on any atom is 0.336 e. The van der Waals surface area contributed by atoms with E-state index in [0.717, 1.165) is 16.9 Å². The first-order chi connectivity index (χ1) is 11.4. The van der Waals surface area contributed by atoms with Gasteiger partial charge in [0.1, 0.15) is 5.75 Å². The molecule has 2 aromatic rings. The highest BCUT2D eigenvalue weighted by atomic mass is 16.5. The van der Waals surface area contributed by atoms with Crippen molar-refractivity contribution in [2.75, 3.05) is 6.61 Å². The van der Waals surface area contributed by atoms with E-state index in [1.165, 1.54) is 5.56 Å². The SMILES string of the molecule is CCOc1ccc(/C(=C/c2ccc(C(C)C)cc2)C(=O)O)cc1C. The van der Waals surface area contributed by atoms with Crippen LogP contribution in [0.4, 0.5) is 0 Å². The van der Waals surface area contributed by atoms with Crippen molar-refractivity contribution in [3.05, 3.63) is 64.7 Å². The summed E-state index contributed by atoms with van der Waals surface area (Å²) in [6.07, 6.45) is 1.71. The van der Waals surface area contributed by atoms with Crippen molar-refractivity contribution in [2.24, 2.45) is 0 Å². The average Bonchev–Trinajstić information content (AvgIpc) is 2.55. The molecule has 0 aliphatic carbocycles. The Labute approximate surface area is 143 Å². The third-order valence-electron chi connectivity index (χ3n) is 3.93. The Bertz CT molecular complexity index is 740. The number of carbonyl (C=O) groups is 1. The average molecular weight is 324 g/mol. The van der Waals surface area contributed by atoms with Crippen molar-refractivity contribution in [1.82, 2.24) is 0 Å². The molecular weight excluding hydrogens is 300 g/mol. The van der Waals surface area contributed by atoms with Gasteiger partial charge in [-0.1, -0.05) is 44.2 Å². The Kier molecular flexibility index (Phi) is 5.80. The summed E-state index contributed by atoms with van der Waals surface area (Å²) in [5, 5.41) is 9.59. The van der Waals surface area contributed by atoms with Crippen molar-refractivity contribution in [1.29, 1.82) is 0 Å². The number of hydrogen-bond donors (Lipinski definition) is 1. The number of carboxylic acids is 1. The van der Waals surface area contributed by atoms with E-state index in [9.17, 15) is 9.90 Å². The molecule has 0 saturated heterocycles. The predicted octanol–water partition coefficient (Wildman–Crippen LogP) is 5.14. The van der Waals surface area contributed by atoms with Crippen molar-refractivity contribution in [3.8, 4) is 5.75 Å². The lowest BCUT2D eigenvalue weighted by molar-refractivity contribution is -0.130. The summed E-state index contributed by atoms with van der Waals surface area (Å²) in [5.41, 5.74) is 4.00. The molecule has 0 aliphatic rings. The van der Waals surface area contributed by atoms with Gasteiger partial charge in [0, 0.05) is 0 Å². The molecule has 0 amide bonds. The van der Waals surface area contributed by atoms with Gasteiger partial charge in [0.25, 0.3) is 0 Å². The van der Waals surface area contributed by atoms with E-state index in [4.69, 9.17) is 4.74 Å². The van der Waals surface area contributed by atoms with Crippen LogP contribution < -0.4 is 4.74 Å². The summed E-state index contributed by atoms with van der Waals surface area (Å²) >= 11 is 0. The van der Waals surface area contributed by atoms with Gasteiger partial charge in [0.2, 0.25) is 0 Å². The van der Waals surface area contributed by atoms with Crippen molar-refractivity contribution in [3.63, 3.8) is 0 Å². The third kappa shape index (κ3) is 4.25. The quantitative estimate of drug-likeness (QED) is 0.591. The zero-order valence-electron chi connectivity index (χ0n) is 14.7. The molecule has 0 aliphatic heterocycles. The first-order valence-electron chi connectivity index (χ1n) is 8.21. The first kappa shape index (κ1) is 17.8. The molecule has 3 nitrogen and oxygen atoms in total. The molecule has 0 bridgehead atoms. The summed E-state index contributed by atoms with van der Waals surface area (Å²) in [6, 6.07) is 13.5. The van der Waals surface area contributed by atoms with Crippen LogP contribution in [0.3, 0.4) is 0 Å². The number of ether oxygens (including phenoxy) is 1. The summed E-state index contributed by atoms with van der Waals surface area (Å²) in [7, 11) is 0. The van der Waals surface area contributed by atoms with E-state index in [0.29, 0.717) is 18.1 Å². The second-order valence-corrected chi connectivity index (χ2v) is 6.10. The Morgan fingerprint density at radius 3 is 2.33 bits per heavy atom. The Hall–Kier alpha value is -2.55. The minimum Gasteiger partial charge on any atom is -0.494 e. The van der Waals surface area contributed by atoms with Crippen LogP contribution in [0.1, 0.15) is 48.9 Å². The predicted molar refractivity (Wildman–Crippen MR) is 98.4 cm³/mol. The molecule has 2 aromatic carbocycles. The van der Waals surface area contributed by atoms with Gasteiger partial charge in [-0.25, -0.2) is 4.79 Å². The molecule has 2 rings (SSSR count). The van der Waals surface area contributed by atoms with Crippen LogP contribution >= 0.6 is 0 Å². The lowest BCUT2D eigenvalue weighted by Gasteiger charge is -2.10. The largest absolute Gasteiger partial charge is 0.494 e. The number of aliphatic carboxylic acids is 1. The lowest BCUT2D eigenvalue weighted by Crippen LogP contribution is -2.01. The lowest BCUT2D eigenvalue weighted by atomic mass is 9.98. The van der Waals surface area contributed by atoms with Crippen molar-refractivity contribution in [2.45, 2.75) is 33.6 Å². The molecule has 0 spiro atoms. The third-order valence-corrected chi connectivity index (χ3v) is 3.93. The van der Waals surface area contributed by atoms with Gasteiger partial charge < -0.3 is 9.84 Å². The number of rotatable bonds is 6. The maximum absolute atomic E-state index is 11.7. The highest BCUT2D eigenvalue weighted by Gasteiger charge is 2.12. The van der Waals surface area contributed by atoms with Gasteiger partial charge >= 0.3 is 5.97 Å². The van der Waals surface area contributed by atoms with Crippen LogP contribution in [0.15, 0.2) is 42.5 Å². The molecule has 1 N–H and O–H groups in total. The van der Waals surface area contributed by atoms with Gasteiger partial charge in [0.05, 0.1) is 12.2 Å². The topological polar surface area (TPSA) is 46.5 Å². The fourth-order valence-electron chi connectivity index (χ4n) is 2.55. The van der Waals surface area contributed by atoms with Crippen LogP contribution in [0.25, 0.3) is 11.6 Å². The molecule has 0 atom stereocenters. The zero-order valence-corrected chi connectivity index (χ0v) is 14.7. The van der Waals surface area contributed by atoms with Gasteiger partial charge in [-0.3, -0.25) is 0 Å². The zero-order chi connectivity index (χ0) is 17.7. The highest BCUT2D eigenvalue weighted by molar-refractivity contribution is 6.20. The smallest absolute Gasteiger partial charge is 0.336 e. The van der Waals surface area contributed by atoms with E-state index in [1.54, 1.807) is 12.1 Å². The standard InChI is InChI=1S/C21H24O3/c1-5-24-20-11-10-18(12-15(20)4)19(21(22)23)13-16-6-8-17(9-7-16)14(2)3/h6-14H,5H2,1-4H3,(H,22,23)/b19-13-. The fraction of sp³-hybridized carbons (Fsp3) is 0.286. The fourth-order valence-corrected chi connectivity index (χ4v) is 2.55. The molecule has 0 heterocycles. The summed E-state index contributed by atoms with van der Waals surface area (Å²) in [4.78, 5) is 11.7. The Morgan fingerprint density at radius 1 is 1.17 bits per heavy atom. The van der Waals surface area contributed by atoms with Crippen LogP contribution in [0.2, 0.25) is 0 Å². The molecule has 0 unspecified atom stereocenters. The van der Waals surface area contributed by atoms with E-state index in [1.807, 2.05) is 50.2 Å². The molecule has 0 radical (unpaired) electrons. The number of carboxylic acid groups (broad SMARTS) is 1. The van der Waals surface area contributed by atoms with E-state index in [2.05, 4.69) is 13.8 Å².